The van der Waals surface area contributed by atoms with Gasteiger partial charge in [-0.1, -0.05) is 30.3 Å². The molecule has 0 bridgehead atoms. The molecule has 2 heteroatoms. The average molecular weight is 208 g/mol. The Morgan fingerprint density at radius 2 is 1.69 bits per heavy atom. The van der Waals surface area contributed by atoms with Gasteiger partial charge in [0.25, 0.3) is 0 Å². The first-order valence-electron chi connectivity index (χ1n) is 5.35. The Hall–Kier alpha value is -1.93. The van der Waals surface area contributed by atoms with Crippen molar-refractivity contribution in [2.24, 2.45) is 5.73 Å². The highest BCUT2D eigenvalue weighted by atomic mass is 14.7. The summed E-state index contributed by atoms with van der Waals surface area (Å²) < 4.78 is 0. The Morgan fingerprint density at radius 3 is 2.56 bits per heavy atom. The van der Waals surface area contributed by atoms with Crippen molar-refractivity contribution in [1.29, 1.82) is 0 Å². The highest BCUT2D eigenvalue weighted by Crippen LogP contribution is 2.20. The molecule has 0 spiro atoms. The Balaban J connectivity index is 2.37. The van der Waals surface area contributed by atoms with Crippen LogP contribution in [0.25, 0.3) is 21.8 Å². The SMILES string of the molecule is NCc1ccc2cc3ccccc3nc2c1. The van der Waals surface area contributed by atoms with Crippen LogP contribution in [0.3, 0.4) is 0 Å². The smallest absolute Gasteiger partial charge is 0.0712 e. The van der Waals surface area contributed by atoms with Crippen LogP contribution < -0.4 is 5.73 Å². The maximum absolute atomic E-state index is 5.63. The van der Waals surface area contributed by atoms with Crippen molar-refractivity contribution in [2.45, 2.75) is 6.54 Å². The standard InChI is InChI=1S/C14H12N2/c15-9-10-5-6-12-8-11-3-1-2-4-13(11)16-14(12)7-10/h1-8H,9,15H2. The molecule has 0 atom stereocenters. The second-order valence-corrected chi connectivity index (χ2v) is 3.91. The lowest BCUT2D eigenvalue weighted by atomic mass is 10.1. The van der Waals surface area contributed by atoms with E-state index in [0.717, 1.165) is 22.0 Å². The highest BCUT2D eigenvalue weighted by Gasteiger charge is 1.99. The second kappa shape index (κ2) is 3.58. The van der Waals surface area contributed by atoms with Gasteiger partial charge in [0.15, 0.2) is 0 Å². The molecule has 2 N–H and O–H groups in total. The molecule has 0 amide bonds. The van der Waals surface area contributed by atoms with Gasteiger partial charge in [-0.3, -0.25) is 0 Å². The third-order valence-corrected chi connectivity index (χ3v) is 2.82. The summed E-state index contributed by atoms with van der Waals surface area (Å²) in [5.41, 5.74) is 8.79. The lowest BCUT2D eigenvalue weighted by Gasteiger charge is -2.03. The summed E-state index contributed by atoms with van der Waals surface area (Å²) in [5.74, 6) is 0. The van der Waals surface area contributed by atoms with Gasteiger partial charge in [0.05, 0.1) is 11.0 Å². The first-order chi connectivity index (χ1) is 7.86. The first-order valence-corrected chi connectivity index (χ1v) is 5.35. The molecular weight excluding hydrogens is 196 g/mol. The van der Waals surface area contributed by atoms with Gasteiger partial charge in [0.1, 0.15) is 0 Å². The number of nitrogens with zero attached hydrogens (tertiary/aromatic N) is 1. The summed E-state index contributed by atoms with van der Waals surface area (Å²) in [4.78, 5) is 4.63. The van der Waals surface area contributed by atoms with Crippen LogP contribution in [0.15, 0.2) is 48.5 Å². The molecule has 0 unspecified atom stereocenters. The summed E-state index contributed by atoms with van der Waals surface area (Å²) >= 11 is 0. The van der Waals surface area contributed by atoms with Crippen molar-refractivity contribution in [3.8, 4) is 0 Å². The van der Waals surface area contributed by atoms with E-state index in [1.165, 1.54) is 5.39 Å². The number of pyridine rings is 1. The fourth-order valence-electron chi connectivity index (χ4n) is 1.94. The van der Waals surface area contributed by atoms with Crippen LogP contribution in [0.1, 0.15) is 5.56 Å². The first kappa shape index (κ1) is 9.31. The van der Waals surface area contributed by atoms with Gasteiger partial charge < -0.3 is 5.73 Å². The Kier molecular flexibility index (Phi) is 2.08. The number of fused-ring (bicyclic) bond motifs is 2. The van der Waals surface area contributed by atoms with E-state index in [0.29, 0.717) is 6.54 Å². The number of hydrogen-bond acceptors (Lipinski definition) is 2. The van der Waals surface area contributed by atoms with Gasteiger partial charge in [-0.2, -0.15) is 0 Å². The average Bonchev–Trinajstić information content (AvgIpc) is 2.35. The van der Waals surface area contributed by atoms with E-state index >= 15 is 0 Å². The molecule has 0 saturated heterocycles. The van der Waals surface area contributed by atoms with Crippen molar-refractivity contribution >= 4 is 21.8 Å². The molecule has 0 aliphatic rings. The highest BCUT2D eigenvalue weighted by molar-refractivity contribution is 5.92. The van der Waals surface area contributed by atoms with E-state index in [4.69, 9.17) is 5.73 Å². The van der Waals surface area contributed by atoms with E-state index in [9.17, 15) is 0 Å². The quantitative estimate of drug-likeness (QED) is 0.624. The Morgan fingerprint density at radius 1 is 0.875 bits per heavy atom. The number of para-hydroxylation sites is 1. The monoisotopic (exact) mass is 208 g/mol. The molecular formula is C14H12N2. The molecule has 0 aliphatic heterocycles. The zero-order chi connectivity index (χ0) is 11.0. The van der Waals surface area contributed by atoms with E-state index < -0.39 is 0 Å². The van der Waals surface area contributed by atoms with Crippen molar-refractivity contribution in [2.75, 3.05) is 0 Å². The minimum atomic E-state index is 0.560. The van der Waals surface area contributed by atoms with Crippen LogP contribution in [0.4, 0.5) is 0 Å². The number of hydrogen-bond donors (Lipinski definition) is 1. The zero-order valence-electron chi connectivity index (χ0n) is 8.85. The number of aromatic nitrogens is 1. The van der Waals surface area contributed by atoms with Crippen molar-refractivity contribution in [1.82, 2.24) is 4.98 Å². The van der Waals surface area contributed by atoms with Crippen LogP contribution >= 0.6 is 0 Å². The summed E-state index contributed by atoms with van der Waals surface area (Å²) in [5, 5.41) is 2.34. The van der Waals surface area contributed by atoms with Crippen LogP contribution in [0.2, 0.25) is 0 Å². The molecule has 0 fully saturated rings. The van der Waals surface area contributed by atoms with Crippen LogP contribution in [-0.4, -0.2) is 4.98 Å². The van der Waals surface area contributed by atoms with Gasteiger partial charge in [-0.05, 0) is 23.8 Å². The van der Waals surface area contributed by atoms with Crippen molar-refractivity contribution in [3.05, 3.63) is 54.1 Å². The Bertz CT molecular complexity index is 659. The van der Waals surface area contributed by atoms with Crippen molar-refractivity contribution < 1.29 is 0 Å². The maximum Gasteiger partial charge on any atom is 0.0712 e. The van der Waals surface area contributed by atoms with Gasteiger partial charge in [-0.15, -0.1) is 0 Å². The van der Waals surface area contributed by atoms with Crippen LogP contribution in [0, 0.1) is 0 Å². The summed E-state index contributed by atoms with van der Waals surface area (Å²) in [6, 6.07) is 16.5. The summed E-state index contributed by atoms with van der Waals surface area (Å²) in [7, 11) is 0. The normalized spacial score (nSPS) is 11.1. The predicted octanol–water partition coefficient (Wildman–Crippen LogP) is 2.85. The number of rotatable bonds is 1. The van der Waals surface area contributed by atoms with E-state index in [1.807, 2.05) is 18.2 Å². The zero-order valence-corrected chi connectivity index (χ0v) is 8.85. The van der Waals surface area contributed by atoms with Crippen LogP contribution in [-0.2, 0) is 6.54 Å². The summed E-state index contributed by atoms with van der Waals surface area (Å²) in [6.45, 7) is 0.560. The molecule has 1 heterocycles. The molecule has 2 nitrogen and oxygen atoms in total. The minimum Gasteiger partial charge on any atom is -0.326 e. The number of benzene rings is 2. The molecule has 0 aliphatic carbocycles. The van der Waals surface area contributed by atoms with Crippen LogP contribution in [0.5, 0.6) is 0 Å². The summed E-state index contributed by atoms with van der Waals surface area (Å²) in [6.07, 6.45) is 0. The molecule has 1 aromatic heterocycles. The third kappa shape index (κ3) is 1.44. The third-order valence-electron chi connectivity index (χ3n) is 2.82. The lowest BCUT2D eigenvalue weighted by Crippen LogP contribution is -1.95. The van der Waals surface area contributed by atoms with E-state index in [1.54, 1.807) is 0 Å². The van der Waals surface area contributed by atoms with Gasteiger partial charge in [-0.25, -0.2) is 4.98 Å². The largest absolute Gasteiger partial charge is 0.326 e. The van der Waals surface area contributed by atoms with Gasteiger partial charge in [0, 0.05) is 17.3 Å². The molecule has 3 rings (SSSR count). The van der Waals surface area contributed by atoms with E-state index in [-0.39, 0.29) is 0 Å². The minimum absolute atomic E-state index is 0.560. The maximum atomic E-state index is 5.63. The lowest BCUT2D eigenvalue weighted by molar-refractivity contribution is 1.07. The topological polar surface area (TPSA) is 38.9 Å². The second-order valence-electron chi connectivity index (χ2n) is 3.91. The Labute approximate surface area is 93.7 Å². The molecule has 2 aromatic carbocycles. The molecule has 0 radical (unpaired) electrons. The number of nitrogens with two attached hydrogens (primary N) is 1. The molecule has 0 saturated carbocycles. The fraction of sp³-hybridized carbons (Fsp3) is 0.0714. The molecule has 3 aromatic rings. The van der Waals surface area contributed by atoms with Gasteiger partial charge in [0.2, 0.25) is 0 Å². The van der Waals surface area contributed by atoms with Gasteiger partial charge >= 0.3 is 0 Å². The molecule has 78 valence electrons. The van der Waals surface area contributed by atoms with Crippen molar-refractivity contribution in [3.63, 3.8) is 0 Å². The molecule has 16 heavy (non-hydrogen) atoms. The predicted molar refractivity (Wildman–Crippen MR) is 67.1 cm³/mol. The fourth-order valence-corrected chi connectivity index (χ4v) is 1.94. The van der Waals surface area contributed by atoms with E-state index in [2.05, 4.69) is 35.3 Å².